The molecule has 156 valence electrons. The zero-order chi connectivity index (χ0) is 21.1. The summed E-state index contributed by atoms with van der Waals surface area (Å²) in [5.74, 6) is 1.63. The van der Waals surface area contributed by atoms with Crippen LogP contribution in [0, 0.1) is 0 Å². The highest BCUT2D eigenvalue weighted by Gasteiger charge is 2.29. The minimum absolute atomic E-state index is 0.0215. The summed E-state index contributed by atoms with van der Waals surface area (Å²) < 4.78 is 0. The number of hydrogen-bond acceptors (Lipinski definition) is 6. The smallest absolute Gasteiger partial charge is 0.219 e. The van der Waals surface area contributed by atoms with Crippen molar-refractivity contribution in [3.05, 3.63) is 59.7 Å². The van der Waals surface area contributed by atoms with Crippen molar-refractivity contribution in [1.82, 2.24) is 24.8 Å². The van der Waals surface area contributed by atoms with Gasteiger partial charge in [-0.15, -0.1) is 0 Å². The summed E-state index contributed by atoms with van der Waals surface area (Å²) in [7, 11) is 3.65. The summed E-state index contributed by atoms with van der Waals surface area (Å²) in [6, 6.07) is 12.5. The molecule has 3 aromatic rings. The number of benzene rings is 1. The van der Waals surface area contributed by atoms with E-state index in [1.54, 1.807) is 18.9 Å². The fourth-order valence-electron chi connectivity index (χ4n) is 4.06. The molecule has 1 fully saturated rings. The molecule has 4 rings (SSSR count). The van der Waals surface area contributed by atoms with E-state index < -0.39 is 0 Å². The largest absolute Gasteiger partial charge is 0.373 e. The molecular weight excluding hydrogens is 376 g/mol. The van der Waals surface area contributed by atoms with Crippen LogP contribution in [0.15, 0.2) is 42.6 Å². The van der Waals surface area contributed by atoms with Gasteiger partial charge < -0.3 is 10.2 Å². The van der Waals surface area contributed by atoms with Crippen LogP contribution in [0.1, 0.15) is 42.9 Å². The number of hydrogen-bond donors (Lipinski definition) is 1. The Morgan fingerprint density at radius 1 is 1.27 bits per heavy atom. The zero-order valence-corrected chi connectivity index (χ0v) is 17.8. The average Bonchev–Trinajstić information content (AvgIpc) is 3.22. The zero-order valence-electron chi connectivity index (χ0n) is 17.8. The number of fused-ring (bicyclic) bond motifs is 1. The van der Waals surface area contributed by atoms with Crippen molar-refractivity contribution < 1.29 is 4.79 Å². The molecule has 1 N–H and O–H groups in total. The Hall–Kier alpha value is -3.06. The number of anilines is 1. The number of likely N-dealkylation sites (tertiary alicyclic amines) is 1. The van der Waals surface area contributed by atoms with Gasteiger partial charge in [-0.25, -0.2) is 9.97 Å². The predicted molar refractivity (Wildman–Crippen MR) is 118 cm³/mol. The molecule has 1 amide bonds. The molecule has 1 saturated heterocycles. The van der Waals surface area contributed by atoms with E-state index >= 15 is 0 Å². The summed E-state index contributed by atoms with van der Waals surface area (Å²) in [6.07, 6.45) is 3.98. The van der Waals surface area contributed by atoms with E-state index in [2.05, 4.69) is 39.5 Å². The summed E-state index contributed by atoms with van der Waals surface area (Å²) in [6.45, 7) is 3.89. The van der Waals surface area contributed by atoms with Crippen LogP contribution in [0.2, 0.25) is 0 Å². The minimum Gasteiger partial charge on any atom is -0.373 e. The van der Waals surface area contributed by atoms with Crippen LogP contribution in [0.4, 0.5) is 5.82 Å². The molecule has 0 aliphatic carbocycles. The van der Waals surface area contributed by atoms with Crippen molar-refractivity contribution >= 4 is 22.6 Å². The Balaban J connectivity index is 1.62. The normalized spacial score (nSPS) is 16.7. The highest BCUT2D eigenvalue weighted by Crippen LogP contribution is 2.33. The molecular formula is C23H28N6O. The topological polar surface area (TPSA) is 74.2 Å². The fourth-order valence-corrected chi connectivity index (χ4v) is 4.06. The van der Waals surface area contributed by atoms with Crippen molar-refractivity contribution in [2.24, 2.45) is 0 Å². The van der Waals surface area contributed by atoms with Crippen LogP contribution in [0.25, 0.3) is 10.9 Å². The van der Waals surface area contributed by atoms with Crippen LogP contribution in [-0.4, -0.2) is 51.3 Å². The SMILES string of the molecule is CNc1cc(CN(C)C(C)=O)nc([C@H]2CCCN2Cc2cccc3ncccc23)n1. The number of nitrogens with one attached hydrogen (secondary N) is 1. The molecule has 1 aromatic carbocycles. The number of nitrogens with zero attached hydrogens (tertiary/aromatic N) is 5. The Labute approximate surface area is 177 Å². The summed E-state index contributed by atoms with van der Waals surface area (Å²) in [4.78, 5) is 29.9. The monoisotopic (exact) mass is 404 g/mol. The molecule has 0 saturated carbocycles. The second-order valence-corrected chi connectivity index (χ2v) is 7.84. The average molecular weight is 405 g/mol. The lowest BCUT2D eigenvalue weighted by Crippen LogP contribution is -2.27. The first-order valence-corrected chi connectivity index (χ1v) is 10.4. The number of amides is 1. The predicted octanol–water partition coefficient (Wildman–Crippen LogP) is 3.38. The van der Waals surface area contributed by atoms with E-state index in [1.807, 2.05) is 25.4 Å². The molecule has 0 spiro atoms. The van der Waals surface area contributed by atoms with Gasteiger partial charge in [0.15, 0.2) is 0 Å². The van der Waals surface area contributed by atoms with Crippen LogP contribution >= 0.6 is 0 Å². The molecule has 1 aliphatic rings. The molecule has 7 heteroatoms. The second kappa shape index (κ2) is 8.75. The number of pyridine rings is 1. The van der Waals surface area contributed by atoms with Crippen molar-refractivity contribution in [2.45, 2.75) is 38.9 Å². The van der Waals surface area contributed by atoms with Crippen molar-refractivity contribution in [1.29, 1.82) is 0 Å². The Bertz CT molecular complexity index is 1050. The van der Waals surface area contributed by atoms with Crippen LogP contribution in [0.5, 0.6) is 0 Å². The van der Waals surface area contributed by atoms with E-state index in [-0.39, 0.29) is 11.9 Å². The molecule has 7 nitrogen and oxygen atoms in total. The highest BCUT2D eigenvalue weighted by atomic mass is 16.2. The van der Waals surface area contributed by atoms with Gasteiger partial charge in [-0.2, -0.15) is 0 Å². The highest BCUT2D eigenvalue weighted by molar-refractivity contribution is 5.81. The van der Waals surface area contributed by atoms with Crippen LogP contribution < -0.4 is 5.32 Å². The third kappa shape index (κ3) is 4.26. The number of rotatable bonds is 6. The minimum atomic E-state index is 0.0215. The van der Waals surface area contributed by atoms with Gasteiger partial charge in [0, 0.05) is 45.2 Å². The van der Waals surface area contributed by atoms with Crippen molar-refractivity contribution in [2.75, 3.05) is 26.0 Å². The second-order valence-electron chi connectivity index (χ2n) is 7.84. The maximum Gasteiger partial charge on any atom is 0.219 e. The van der Waals surface area contributed by atoms with Crippen LogP contribution in [-0.2, 0) is 17.9 Å². The first kappa shape index (κ1) is 20.2. The molecule has 2 aromatic heterocycles. The van der Waals surface area contributed by atoms with Crippen molar-refractivity contribution in [3.63, 3.8) is 0 Å². The first-order valence-electron chi connectivity index (χ1n) is 10.4. The number of carbonyl (C=O) groups excluding carboxylic acids is 1. The molecule has 0 unspecified atom stereocenters. The van der Waals surface area contributed by atoms with E-state index in [9.17, 15) is 4.79 Å². The molecule has 1 aliphatic heterocycles. The molecule has 3 heterocycles. The fraction of sp³-hybridized carbons (Fsp3) is 0.391. The number of carbonyl (C=O) groups is 1. The van der Waals surface area contributed by atoms with Gasteiger partial charge >= 0.3 is 0 Å². The Morgan fingerprint density at radius 2 is 2.13 bits per heavy atom. The lowest BCUT2D eigenvalue weighted by molar-refractivity contribution is -0.128. The van der Waals surface area contributed by atoms with Gasteiger partial charge in [-0.05, 0) is 37.1 Å². The third-order valence-electron chi connectivity index (χ3n) is 5.76. The third-order valence-corrected chi connectivity index (χ3v) is 5.76. The van der Waals surface area contributed by atoms with E-state index in [0.717, 1.165) is 48.8 Å². The summed E-state index contributed by atoms with van der Waals surface area (Å²) in [5, 5.41) is 4.33. The van der Waals surface area contributed by atoms with Crippen molar-refractivity contribution in [3.8, 4) is 0 Å². The standard InChI is InChI=1S/C23H28N6O/c1-16(30)28(3)15-18-13-22(24-2)27-23(26-18)21-10-6-12-29(21)14-17-7-4-9-20-19(17)8-5-11-25-20/h4-5,7-9,11,13,21H,6,10,12,14-15H2,1-3H3,(H,24,26,27)/t21-/m1/s1. The molecule has 30 heavy (non-hydrogen) atoms. The first-order chi connectivity index (χ1) is 14.5. The summed E-state index contributed by atoms with van der Waals surface area (Å²) >= 11 is 0. The lowest BCUT2D eigenvalue weighted by atomic mass is 10.1. The van der Waals surface area contributed by atoms with Gasteiger partial charge in [0.05, 0.1) is 23.8 Å². The summed E-state index contributed by atoms with van der Waals surface area (Å²) in [5.41, 5.74) is 3.14. The van der Waals surface area contributed by atoms with Crippen LogP contribution in [0.3, 0.4) is 0 Å². The molecule has 1 atom stereocenters. The van der Waals surface area contributed by atoms with Gasteiger partial charge in [-0.3, -0.25) is 14.7 Å². The Kier molecular flexibility index (Phi) is 5.90. The van der Waals surface area contributed by atoms with E-state index in [1.165, 1.54) is 10.9 Å². The Morgan fingerprint density at radius 3 is 2.93 bits per heavy atom. The quantitative estimate of drug-likeness (QED) is 0.679. The van der Waals surface area contributed by atoms with E-state index in [0.29, 0.717) is 6.54 Å². The van der Waals surface area contributed by atoms with Gasteiger partial charge in [0.2, 0.25) is 5.91 Å². The maximum atomic E-state index is 11.7. The maximum absolute atomic E-state index is 11.7. The van der Waals surface area contributed by atoms with Gasteiger partial charge in [0.1, 0.15) is 11.6 Å². The van der Waals surface area contributed by atoms with Gasteiger partial charge in [-0.1, -0.05) is 18.2 Å². The van der Waals surface area contributed by atoms with Gasteiger partial charge in [0.25, 0.3) is 0 Å². The molecule has 0 bridgehead atoms. The molecule has 0 radical (unpaired) electrons. The number of aromatic nitrogens is 3. The lowest BCUT2D eigenvalue weighted by Gasteiger charge is -2.25. The van der Waals surface area contributed by atoms with E-state index in [4.69, 9.17) is 9.97 Å².